The lowest BCUT2D eigenvalue weighted by Crippen LogP contribution is -2.11. The Labute approximate surface area is 111 Å². The summed E-state index contributed by atoms with van der Waals surface area (Å²) in [6.07, 6.45) is 0.310. The van der Waals surface area contributed by atoms with Crippen molar-refractivity contribution in [3.63, 3.8) is 0 Å². The van der Waals surface area contributed by atoms with Gasteiger partial charge in [-0.25, -0.2) is 0 Å². The summed E-state index contributed by atoms with van der Waals surface area (Å²) in [7, 11) is 0. The van der Waals surface area contributed by atoms with Crippen molar-refractivity contribution in [1.82, 2.24) is 9.78 Å². The molecule has 0 aliphatic rings. The van der Waals surface area contributed by atoms with Crippen LogP contribution in [0.4, 0.5) is 0 Å². The Morgan fingerprint density at radius 2 is 2.11 bits per heavy atom. The van der Waals surface area contributed by atoms with Gasteiger partial charge in [0.1, 0.15) is 5.69 Å². The van der Waals surface area contributed by atoms with Crippen LogP contribution in [-0.4, -0.2) is 15.6 Å². The number of carbonyl (C=O) groups is 1. The van der Waals surface area contributed by atoms with Crippen LogP contribution in [0.25, 0.3) is 0 Å². The van der Waals surface area contributed by atoms with Gasteiger partial charge in [0.25, 0.3) is 0 Å². The second kappa shape index (κ2) is 5.36. The minimum absolute atomic E-state index is 0.0468. The Hall–Kier alpha value is -1.61. The van der Waals surface area contributed by atoms with Crippen molar-refractivity contribution in [1.29, 1.82) is 0 Å². The Balaban J connectivity index is 2.25. The van der Waals surface area contributed by atoms with Gasteiger partial charge in [-0.15, -0.1) is 0 Å². The first-order valence-electron chi connectivity index (χ1n) is 5.93. The molecule has 18 heavy (non-hydrogen) atoms. The number of aryl methyl sites for hydroxylation is 2. The summed E-state index contributed by atoms with van der Waals surface area (Å²) >= 11 is 6.06. The van der Waals surface area contributed by atoms with Crippen LogP contribution in [0.3, 0.4) is 0 Å². The molecule has 0 atom stereocenters. The summed E-state index contributed by atoms with van der Waals surface area (Å²) in [6.45, 7) is 4.55. The topological polar surface area (TPSA) is 34.9 Å². The number of benzene rings is 1. The van der Waals surface area contributed by atoms with E-state index in [4.69, 9.17) is 11.6 Å². The number of aromatic nitrogens is 2. The number of ketones is 1. The SMILES string of the molecule is CCn1nc(C)cc1C(=O)Cc1ccccc1Cl. The predicted octanol–water partition coefficient (Wildman–Crippen LogP) is 3.29. The summed E-state index contributed by atoms with van der Waals surface area (Å²) in [5.74, 6) is 0.0468. The van der Waals surface area contributed by atoms with Crippen molar-refractivity contribution in [3.05, 3.63) is 52.3 Å². The Morgan fingerprint density at radius 1 is 1.39 bits per heavy atom. The fraction of sp³-hybridized carbons (Fsp3) is 0.286. The minimum Gasteiger partial charge on any atom is -0.292 e. The molecule has 0 fully saturated rings. The lowest BCUT2D eigenvalue weighted by atomic mass is 10.1. The number of carbonyl (C=O) groups excluding carboxylic acids is 1. The molecule has 2 aromatic rings. The maximum absolute atomic E-state index is 12.2. The predicted molar refractivity (Wildman–Crippen MR) is 72.1 cm³/mol. The standard InChI is InChI=1S/C14H15ClN2O/c1-3-17-13(8-10(2)16-17)14(18)9-11-6-4-5-7-12(11)15/h4-8H,3,9H2,1-2H3. The maximum atomic E-state index is 12.2. The Bertz CT molecular complexity index is 575. The molecule has 1 aromatic carbocycles. The Kier molecular flexibility index (Phi) is 3.82. The number of rotatable bonds is 4. The van der Waals surface area contributed by atoms with E-state index in [0.717, 1.165) is 11.3 Å². The number of hydrogen-bond donors (Lipinski definition) is 0. The van der Waals surface area contributed by atoms with Gasteiger partial charge in [0.15, 0.2) is 5.78 Å². The third-order valence-electron chi connectivity index (χ3n) is 2.80. The minimum atomic E-state index is 0.0468. The van der Waals surface area contributed by atoms with E-state index in [2.05, 4.69) is 5.10 Å². The van der Waals surface area contributed by atoms with Crippen LogP contribution in [-0.2, 0) is 13.0 Å². The van der Waals surface area contributed by atoms with Gasteiger partial charge < -0.3 is 0 Å². The average Bonchev–Trinajstić information content (AvgIpc) is 2.73. The molecule has 1 heterocycles. The maximum Gasteiger partial charge on any atom is 0.185 e. The molecule has 94 valence electrons. The molecule has 0 saturated carbocycles. The highest BCUT2D eigenvalue weighted by Crippen LogP contribution is 2.17. The first-order valence-corrected chi connectivity index (χ1v) is 6.30. The molecule has 0 radical (unpaired) electrons. The van der Waals surface area contributed by atoms with Crippen molar-refractivity contribution in [2.75, 3.05) is 0 Å². The lowest BCUT2D eigenvalue weighted by molar-refractivity contribution is 0.0983. The van der Waals surface area contributed by atoms with E-state index in [1.165, 1.54) is 0 Å². The monoisotopic (exact) mass is 262 g/mol. The molecule has 0 N–H and O–H groups in total. The van der Waals surface area contributed by atoms with E-state index in [1.807, 2.05) is 38.1 Å². The summed E-state index contributed by atoms with van der Waals surface area (Å²) in [5.41, 5.74) is 2.36. The molecule has 0 amide bonds. The molecule has 0 unspecified atom stereocenters. The van der Waals surface area contributed by atoms with E-state index in [-0.39, 0.29) is 5.78 Å². The van der Waals surface area contributed by atoms with Gasteiger partial charge in [0.05, 0.1) is 5.69 Å². The van der Waals surface area contributed by atoms with Crippen LogP contribution >= 0.6 is 11.6 Å². The third kappa shape index (κ3) is 2.62. The van der Waals surface area contributed by atoms with Crippen LogP contribution in [0.15, 0.2) is 30.3 Å². The third-order valence-corrected chi connectivity index (χ3v) is 3.16. The van der Waals surface area contributed by atoms with Gasteiger partial charge >= 0.3 is 0 Å². The zero-order valence-electron chi connectivity index (χ0n) is 10.5. The van der Waals surface area contributed by atoms with Gasteiger partial charge in [-0.2, -0.15) is 5.10 Å². The fourth-order valence-electron chi connectivity index (χ4n) is 1.92. The van der Waals surface area contributed by atoms with Gasteiger partial charge in [-0.3, -0.25) is 9.48 Å². The lowest BCUT2D eigenvalue weighted by Gasteiger charge is -2.05. The van der Waals surface area contributed by atoms with Crippen molar-refractivity contribution in [2.24, 2.45) is 0 Å². The summed E-state index contributed by atoms with van der Waals surface area (Å²) in [5, 5.41) is 4.91. The molecule has 4 heteroatoms. The number of nitrogens with zero attached hydrogens (tertiary/aromatic N) is 2. The van der Waals surface area contributed by atoms with Crippen molar-refractivity contribution in [2.45, 2.75) is 26.8 Å². The van der Waals surface area contributed by atoms with E-state index >= 15 is 0 Å². The van der Waals surface area contributed by atoms with E-state index < -0.39 is 0 Å². The first kappa shape index (κ1) is 12.8. The quantitative estimate of drug-likeness (QED) is 0.793. The summed E-state index contributed by atoms with van der Waals surface area (Å²) in [4.78, 5) is 12.2. The van der Waals surface area contributed by atoms with Crippen LogP contribution in [0.2, 0.25) is 5.02 Å². The molecule has 3 nitrogen and oxygen atoms in total. The van der Waals surface area contributed by atoms with Gasteiger partial charge in [-0.05, 0) is 31.5 Å². The largest absolute Gasteiger partial charge is 0.292 e. The number of hydrogen-bond acceptors (Lipinski definition) is 2. The fourth-order valence-corrected chi connectivity index (χ4v) is 2.12. The van der Waals surface area contributed by atoms with E-state index in [1.54, 1.807) is 10.7 Å². The van der Waals surface area contributed by atoms with Crippen molar-refractivity contribution in [3.8, 4) is 0 Å². The smallest absolute Gasteiger partial charge is 0.185 e. The second-order valence-electron chi connectivity index (χ2n) is 4.18. The molecule has 0 aliphatic carbocycles. The molecular weight excluding hydrogens is 248 g/mol. The molecule has 0 saturated heterocycles. The first-order chi connectivity index (χ1) is 8.61. The molecule has 0 aliphatic heterocycles. The zero-order valence-corrected chi connectivity index (χ0v) is 11.2. The van der Waals surface area contributed by atoms with Crippen LogP contribution in [0.5, 0.6) is 0 Å². The normalized spacial score (nSPS) is 10.6. The summed E-state index contributed by atoms with van der Waals surface area (Å²) < 4.78 is 1.73. The molecule has 2 rings (SSSR count). The van der Waals surface area contributed by atoms with Crippen LogP contribution in [0, 0.1) is 6.92 Å². The van der Waals surface area contributed by atoms with Crippen molar-refractivity contribution < 1.29 is 4.79 Å². The van der Waals surface area contributed by atoms with Crippen LogP contribution in [0.1, 0.15) is 28.7 Å². The van der Waals surface area contributed by atoms with Crippen LogP contribution < -0.4 is 0 Å². The highest BCUT2D eigenvalue weighted by Gasteiger charge is 2.14. The molecule has 0 spiro atoms. The van der Waals surface area contributed by atoms with Gasteiger partial charge in [0, 0.05) is 18.0 Å². The number of Topliss-reactive ketones (excluding diaryl/α,β-unsaturated/α-hetero) is 1. The van der Waals surface area contributed by atoms with E-state index in [0.29, 0.717) is 23.7 Å². The second-order valence-corrected chi connectivity index (χ2v) is 4.59. The average molecular weight is 263 g/mol. The molecular formula is C14H15ClN2O. The zero-order chi connectivity index (χ0) is 13.1. The van der Waals surface area contributed by atoms with Gasteiger partial charge in [-0.1, -0.05) is 29.8 Å². The highest BCUT2D eigenvalue weighted by atomic mass is 35.5. The Morgan fingerprint density at radius 3 is 2.78 bits per heavy atom. The van der Waals surface area contributed by atoms with E-state index in [9.17, 15) is 4.79 Å². The molecule has 0 bridgehead atoms. The summed E-state index contributed by atoms with van der Waals surface area (Å²) in [6, 6.07) is 9.24. The van der Waals surface area contributed by atoms with Crippen molar-refractivity contribution >= 4 is 17.4 Å². The number of halogens is 1. The molecule has 1 aromatic heterocycles. The highest BCUT2D eigenvalue weighted by molar-refractivity contribution is 6.31. The van der Waals surface area contributed by atoms with Gasteiger partial charge in [0.2, 0.25) is 0 Å².